The van der Waals surface area contributed by atoms with Gasteiger partial charge in [0.05, 0.1) is 5.69 Å². The fourth-order valence-corrected chi connectivity index (χ4v) is 2.82. The lowest BCUT2D eigenvalue weighted by atomic mass is 10.1. The summed E-state index contributed by atoms with van der Waals surface area (Å²) in [5, 5.41) is 4.12. The van der Waals surface area contributed by atoms with E-state index in [1.807, 2.05) is 31.3 Å². The summed E-state index contributed by atoms with van der Waals surface area (Å²) in [6, 6.07) is 9.69. The highest BCUT2D eigenvalue weighted by atomic mass is 16.2. The Balaban J connectivity index is 1.79. The molecule has 8 nitrogen and oxygen atoms in total. The highest BCUT2D eigenvalue weighted by Crippen LogP contribution is 2.21. The minimum absolute atomic E-state index is 0.110. The van der Waals surface area contributed by atoms with Crippen molar-refractivity contribution in [1.29, 1.82) is 0 Å². The second kappa shape index (κ2) is 7.09. The van der Waals surface area contributed by atoms with Crippen LogP contribution in [0.1, 0.15) is 24.2 Å². The maximum atomic E-state index is 12.1. The van der Waals surface area contributed by atoms with Crippen LogP contribution in [0.5, 0.6) is 0 Å². The van der Waals surface area contributed by atoms with Gasteiger partial charge >= 0.3 is 5.69 Å². The third kappa shape index (κ3) is 3.36. The van der Waals surface area contributed by atoms with E-state index < -0.39 is 0 Å². The summed E-state index contributed by atoms with van der Waals surface area (Å²) >= 11 is 0. The van der Waals surface area contributed by atoms with Crippen molar-refractivity contribution in [1.82, 2.24) is 28.8 Å². The molecule has 0 aliphatic heterocycles. The minimum Gasteiger partial charge on any atom is -0.299 e. The zero-order valence-electron chi connectivity index (χ0n) is 15.3. The summed E-state index contributed by atoms with van der Waals surface area (Å²) in [5.74, 6) is 0. The van der Waals surface area contributed by atoms with Crippen molar-refractivity contribution in [2.24, 2.45) is 14.1 Å². The molecule has 0 spiro atoms. The Kier molecular flexibility index (Phi) is 4.85. The molecular formula is C18H22N6O2. The van der Waals surface area contributed by atoms with E-state index in [2.05, 4.69) is 21.9 Å². The molecule has 1 atom stereocenters. The van der Waals surface area contributed by atoms with Crippen molar-refractivity contribution in [3.05, 3.63) is 75.1 Å². The molecule has 0 saturated heterocycles. The Bertz CT molecular complexity index is 1000. The molecule has 0 unspecified atom stereocenters. The molecule has 3 rings (SSSR count). The standard InChI is InChI=1S/C18H22N6O2/c1-13(14-5-7-15(8-6-14)24-12-19-11-20-24)21(2)10-16-9-17(25)23(4)18(26)22(16)3/h5-9,11-13H,10H2,1-4H3/t13-/m0/s1. The molecule has 2 aromatic heterocycles. The third-order valence-electron chi connectivity index (χ3n) is 4.76. The van der Waals surface area contributed by atoms with Crippen molar-refractivity contribution in [3.8, 4) is 5.69 Å². The van der Waals surface area contributed by atoms with Gasteiger partial charge in [0, 0.05) is 38.4 Å². The van der Waals surface area contributed by atoms with Crippen LogP contribution < -0.4 is 11.2 Å². The van der Waals surface area contributed by atoms with Crippen molar-refractivity contribution < 1.29 is 0 Å². The second-order valence-electron chi connectivity index (χ2n) is 6.40. The largest absolute Gasteiger partial charge is 0.330 e. The Morgan fingerprint density at radius 2 is 1.81 bits per heavy atom. The quantitative estimate of drug-likeness (QED) is 0.679. The third-order valence-corrected chi connectivity index (χ3v) is 4.76. The Labute approximate surface area is 151 Å². The summed E-state index contributed by atoms with van der Waals surface area (Å²) in [4.78, 5) is 30.0. The minimum atomic E-state index is -0.314. The Hall–Kier alpha value is -3.00. The first-order valence-electron chi connectivity index (χ1n) is 8.29. The SMILES string of the molecule is C[C@@H](c1ccc(-n2cncn2)cc1)N(C)Cc1cc(=O)n(C)c(=O)n1C. The van der Waals surface area contributed by atoms with Gasteiger partial charge in [-0.05, 0) is 31.7 Å². The van der Waals surface area contributed by atoms with Gasteiger partial charge in [0.2, 0.25) is 0 Å². The average molecular weight is 354 g/mol. The summed E-state index contributed by atoms with van der Waals surface area (Å²) in [6.45, 7) is 2.58. The first-order valence-corrected chi connectivity index (χ1v) is 8.29. The average Bonchev–Trinajstić information content (AvgIpc) is 3.18. The van der Waals surface area contributed by atoms with E-state index in [-0.39, 0.29) is 17.3 Å². The molecule has 0 radical (unpaired) electrons. The van der Waals surface area contributed by atoms with Gasteiger partial charge in [0.15, 0.2) is 0 Å². The van der Waals surface area contributed by atoms with Crippen molar-refractivity contribution >= 4 is 0 Å². The van der Waals surface area contributed by atoms with Crippen molar-refractivity contribution in [2.75, 3.05) is 7.05 Å². The molecule has 0 amide bonds. The van der Waals surface area contributed by atoms with Gasteiger partial charge in [0.1, 0.15) is 12.7 Å². The molecule has 136 valence electrons. The maximum Gasteiger partial charge on any atom is 0.330 e. The first-order chi connectivity index (χ1) is 12.4. The molecule has 0 N–H and O–H groups in total. The van der Waals surface area contributed by atoms with Gasteiger partial charge in [-0.1, -0.05) is 12.1 Å². The van der Waals surface area contributed by atoms with Crippen LogP contribution in [0.3, 0.4) is 0 Å². The van der Waals surface area contributed by atoms with Crippen LogP contribution in [0.2, 0.25) is 0 Å². The smallest absolute Gasteiger partial charge is 0.299 e. The molecule has 2 heterocycles. The second-order valence-corrected chi connectivity index (χ2v) is 6.40. The molecule has 0 saturated carbocycles. The number of benzene rings is 1. The fraction of sp³-hybridized carbons (Fsp3) is 0.333. The highest BCUT2D eigenvalue weighted by molar-refractivity contribution is 5.34. The molecule has 0 aliphatic carbocycles. The summed E-state index contributed by atoms with van der Waals surface area (Å²) in [7, 11) is 5.14. The lowest BCUT2D eigenvalue weighted by molar-refractivity contribution is 0.246. The lowest BCUT2D eigenvalue weighted by Gasteiger charge is -2.26. The summed E-state index contributed by atoms with van der Waals surface area (Å²) in [5.41, 5.74) is 2.15. The van der Waals surface area contributed by atoms with Gasteiger partial charge in [-0.2, -0.15) is 5.10 Å². The number of hydrogen-bond donors (Lipinski definition) is 0. The van der Waals surface area contributed by atoms with Gasteiger partial charge in [-0.15, -0.1) is 0 Å². The predicted molar refractivity (Wildman–Crippen MR) is 98.2 cm³/mol. The molecule has 8 heteroatoms. The van der Waals surface area contributed by atoms with Crippen molar-refractivity contribution in [3.63, 3.8) is 0 Å². The van der Waals surface area contributed by atoms with Crippen LogP contribution in [0.25, 0.3) is 5.69 Å². The van der Waals surface area contributed by atoms with Crippen LogP contribution >= 0.6 is 0 Å². The van der Waals surface area contributed by atoms with Crippen LogP contribution in [0.4, 0.5) is 0 Å². The van der Waals surface area contributed by atoms with E-state index in [0.717, 1.165) is 15.8 Å². The number of rotatable bonds is 5. The monoisotopic (exact) mass is 354 g/mol. The van der Waals surface area contributed by atoms with E-state index in [4.69, 9.17) is 0 Å². The molecule has 0 bridgehead atoms. The number of nitrogens with zero attached hydrogens (tertiary/aromatic N) is 6. The van der Waals surface area contributed by atoms with E-state index in [0.29, 0.717) is 12.2 Å². The van der Waals surface area contributed by atoms with Gasteiger partial charge < -0.3 is 0 Å². The fourth-order valence-electron chi connectivity index (χ4n) is 2.82. The van der Waals surface area contributed by atoms with E-state index in [1.54, 1.807) is 18.1 Å². The Morgan fingerprint density at radius 1 is 1.12 bits per heavy atom. The number of hydrogen-bond acceptors (Lipinski definition) is 5. The zero-order valence-corrected chi connectivity index (χ0v) is 15.3. The number of aromatic nitrogens is 5. The van der Waals surface area contributed by atoms with Crippen LogP contribution in [0.15, 0.2) is 52.6 Å². The van der Waals surface area contributed by atoms with Crippen LogP contribution in [-0.2, 0) is 20.6 Å². The first kappa shape index (κ1) is 17.8. The van der Waals surface area contributed by atoms with Crippen molar-refractivity contribution in [2.45, 2.75) is 19.5 Å². The topological polar surface area (TPSA) is 78.0 Å². The molecule has 0 fully saturated rings. The summed E-state index contributed by atoms with van der Waals surface area (Å²) < 4.78 is 4.32. The van der Waals surface area contributed by atoms with Crippen LogP contribution in [0, 0.1) is 0 Å². The molecule has 0 aliphatic rings. The lowest BCUT2D eigenvalue weighted by Crippen LogP contribution is -2.39. The zero-order chi connectivity index (χ0) is 18.8. The van der Waals surface area contributed by atoms with Gasteiger partial charge in [-0.25, -0.2) is 14.5 Å². The highest BCUT2D eigenvalue weighted by Gasteiger charge is 2.15. The van der Waals surface area contributed by atoms with Gasteiger partial charge in [-0.3, -0.25) is 18.8 Å². The Morgan fingerprint density at radius 3 is 2.42 bits per heavy atom. The van der Waals surface area contributed by atoms with Gasteiger partial charge in [0.25, 0.3) is 5.56 Å². The van der Waals surface area contributed by atoms with E-state index >= 15 is 0 Å². The van der Waals surface area contributed by atoms with E-state index in [9.17, 15) is 9.59 Å². The molecule has 26 heavy (non-hydrogen) atoms. The van der Waals surface area contributed by atoms with Crippen LogP contribution in [-0.4, -0.2) is 35.8 Å². The molecular weight excluding hydrogens is 332 g/mol. The summed E-state index contributed by atoms with van der Waals surface area (Å²) in [6.07, 6.45) is 3.15. The normalized spacial score (nSPS) is 12.5. The molecule has 3 aromatic rings. The maximum absolute atomic E-state index is 12.1. The molecule has 1 aromatic carbocycles. The predicted octanol–water partition coefficient (Wildman–Crippen LogP) is 0.858. The van der Waals surface area contributed by atoms with E-state index in [1.165, 1.54) is 24.0 Å².